The zero-order chi connectivity index (χ0) is 14.7. The maximum atomic E-state index is 6.17. The summed E-state index contributed by atoms with van der Waals surface area (Å²) in [5, 5.41) is 1.57. The molecule has 1 unspecified atom stereocenters. The fourth-order valence-corrected chi connectivity index (χ4v) is 2.98. The lowest BCUT2D eigenvalue weighted by molar-refractivity contribution is 0.378. The van der Waals surface area contributed by atoms with E-state index in [2.05, 4.69) is 45.0 Å². The third kappa shape index (κ3) is 3.56. The molecule has 0 heterocycles. The first-order valence-electron chi connectivity index (χ1n) is 7.00. The van der Waals surface area contributed by atoms with Gasteiger partial charge in [0.15, 0.2) is 0 Å². The average Bonchev–Trinajstić information content (AvgIpc) is 2.39. The van der Waals surface area contributed by atoms with E-state index in [1.165, 1.54) is 11.1 Å². The largest absolute Gasteiger partial charge is 0.0843 e. The van der Waals surface area contributed by atoms with Crippen LogP contribution in [0.4, 0.5) is 0 Å². The molecule has 0 spiro atoms. The third-order valence-corrected chi connectivity index (χ3v) is 4.46. The summed E-state index contributed by atoms with van der Waals surface area (Å²) < 4.78 is 0. The number of hydrogen-bond acceptors (Lipinski definition) is 0. The van der Waals surface area contributed by atoms with E-state index in [0.717, 1.165) is 10.0 Å². The lowest BCUT2D eigenvalue weighted by Crippen LogP contribution is -2.16. The van der Waals surface area contributed by atoms with Crippen LogP contribution < -0.4 is 0 Å². The Labute approximate surface area is 131 Å². The summed E-state index contributed by atoms with van der Waals surface area (Å²) in [5.74, 6) is 1.40. The van der Waals surface area contributed by atoms with E-state index < -0.39 is 0 Å². The molecule has 2 aromatic rings. The van der Waals surface area contributed by atoms with Crippen molar-refractivity contribution < 1.29 is 0 Å². The van der Waals surface area contributed by atoms with Crippen LogP contribution in [0.15, 0.2) is 48.5 Å². The van der Waals surface area contributed by atoms with Crippen molar-refractivity contribution in [3.8, 4) is 0 Å². The second-order valence-corrected chi connectivity index (χ2v) is 6.56. The first-order valence-corrected chi connectivity index (χ1v) is 7.75. The lowest BCUT2D eigenvalue weighted by atomic mass is 9.76. The Morgan fingerprint density at radius 2 is 1.20 bits per heavy atom. The molecule has 2 heteroatoms. The number of benzene rings is 2. The van der Waals surface area contributed by atoms with Crippen molar-refractivity contribution in [1.29, 1.82) is 0 Å². The Kier molecular flexibility index (Phi) is 5.12. The van der Waals surface area contributed by atoms with Gasteiger partial charge in [-0.15, -0.1) is 0 Å². The molecule has 0 fully saturated rings. The van der Waals surface area contributed by atoms with E-state index in [-0.39, 0.29) is 0 Å². The van der Waals surface area contributed by atoms with Gasteiger partial charge < -0.3 is 0 Å². The van der Waals surface area contributed by atoms with E-state index in [4.69, 9.17) is 23.2 Å². The molecule has 1 atom stereocenters. The predicted molar refractivity (Wildman–Crippen MR) is 88.7 cm³/mol. The van der Waals surface area contributed by atoms with Crippen LogP contribution in [0.3, 0.4) is 0 Å². The first kappa shape index (κ1) is 15.4. The van der Waals surface area contributed by atoms with Crippen LogP contribution >= 0.6 is 23.2 Å². The van der Waals surface area contributed by atoms with E-state index in [9.17, 15) is 0 Å². The highest BCUT2D eigenvalue weighted by atomic mass is 35.5. The maximum Gasteiger partial charge on any atom is 0.0408 e. The Balaban J connectivity index is 2.50. The molecular formula is C18H20Cl2. The highest BCUT2D eigenvalue weighted by molar-refractivity contribution is 6.31. The Bertz CT molecular complexity index is 530. The summed E-state index contributed by atoms with van der Waals surface area (Å²) in [7, 11) is 0. The van der Waals surface area contributed by atoms with Gasteiger partial charge in [0.25, 0.3) is 0 Å². The number of rotatable bonds is 4. The molecule has 0 aliphatic carbocycles. The standard InChI is InChI=1S/C18H20Cl2/c1-12(2)13(3)18(14-6-4-8-16(19)10-14)15-7-5-9-17(20)11-15/h4-13,18H,1-3H3. The monoisotopic (exact) mass is 306 g/mol. The van der Waals surface area contributed by atoms with Crippen LogP contribution in [-0.4, -0.2) is 0 Å². The third-order valence-electron chi connectivity index (χ3n) is 3.99. The molecule has 0 N–H and O–H groups in total. The molecule has 0 saturated carbocycles. The molecule has 106 valence electrons. The van der Waals surface area contributed by atoms with Crippen molar-refractivity contribution in [1.82, 2.24) is 0 Å². The fourth-order valence-electron chi connectivity index (χ4n) is 2.58. The second-order valence-electron chi connectivity index (χ2n) is 5.69. The van der Waals surface area contributed by atoms with Crippen molar-refractivity contribution >= 4 is 23.2 Å². The highest BCUT2D eigenvalue weighted by Gasteiger charge is 2.24. The summed E-state index contributed by atoms with van der Waals surface area (Å²) >= 11 is 12.3. The first-order chi connectivity index (χ1) is 9.49. The molecule has 0 aliphatic heterocycles. The molecular weight excluding hydrogens is 287 g/mol. The van der Waals surface area contributed by atoms with E-state index in [1.807, 2.05) is 24.3 Å². The molecule has 0 aromatic heterocycles. The van der Waals surface area contributed by atoms with Crippen molar-refractivity contribution in [2.24, 2.45) is 11.8 Å². The van der Waals surface area contributed by atoms with Crippen molar-refractivity contribution in [2.75, 3.05) is 0 Å². The molecule has 2 rings (SSSR count). The fraction of sp³-hybridized carbons (Fsp3) is 0.333. The average molecular weight is 307 g/mol. The highest BCUT2D eigenvalue weighted by Crippen LogP contribution is 2.37. The molecule has 0 radical (unpaired) electrons. The second kappa shape index (κ2) is 6.65. The summed E-state index contributed by atoms with van der Waals surface area (Å²) in [6.07, 6.45) is 0. The van der Waals surface area contributed by atoms with Crippen LogP contribution in [0.25, 0.3) is 0 Å². The summed E-state index contributed by atoms with van der Waals surface area (Å²) in [6, 6.07) is 16.3. The topological polar surface area (TPSA) is 0 Å². The summed E-state index contributed by atoms with van der Waals surface area (Å²) in [4.78, 5) is 0. The molecule has 2 aromatic carbocycles. The minimum atomic E-state index is 0.312. The van der Waals surface area contributed by atoms with Crippen LogP contribution in [0.2, 0.25) is 10.0 Å². The predicted octanol–water partition coefficient (Wildman–Crippen LogP) is 6.42. The SMILES string of the molecule is CC(C)C(C)C(c1cccc(Cl)c1)c1cccc(Cl)c1. The van der Waals surface area contributed by atoms with Gasteiger partial charge in [-0.25, -0.2) is 0 Å². The van der Waals surface area contributed by atoms with Crippen LogP contribution in [0, 0.1) is 11.8 Å². The van der Waals surface area contributed by atoms with Gasteiger partial charge in [-0.05, 0) is 47.2 Å². The van der Waals surface area contributed by atoms with Crippen LogP contribution in [-0.2, 0) is 0 Å². The zero-order valence-electron chi connectivity index (χ0n) is 12.1. The minimum Gasteiger partial charge on any atom is -0.0843 e. The van der Waals surface area contributed by atoms with Gasteiger partial charge in [-0.3, -0.25) is 0 Å². The Morgan fingerprint density at radius 3 is 1.55 bits per heavy atom. The van der Waals surface area contributed by atoms with Crippen LogP contribution in [0.1, 0.15) is 37.8 Å². The van der Waals surface area contributed by atoms with E-state index >= 15 is 0 Å². The van der Waals surface area contributed by atoms with Gasteiger partial charge in [0.05, 0.1) is 0 Å². The lowest BCUT2D eigenvalue weighted by Gasteiger charge is -2.28. The van der Waals surface area contributed by atoms with Gasteiger partial charge in [-0.1, -0.05) is 68.2 Å². The molecule has 0 bridgehead atoms. The summed E-state index contributed by atoms with van der Waals surface area (Å²) in [6.45, 7) is 6.80. The van der Waals surface area contributed by atoms with E-state index in [1.54, 1.807) is 0 Å². The molecule has 0 amide bonds. The van der Waals surface area contributed by atoms with E-state index in [0.29, 0.717) is 17.8 Å². The van der Waals surface area contributed by atoms with Crippen molar-refractivity contribution in [2.45, 2.75) is 26.7 Å². The quantitative estimate of drug-likeness (QED) is 0.611. The molecule has 20 heavy (non-hydrogen) atoms. The van der Waals surface area contributed by atoms with Gasteiger partial charge >= 0.3 is 0 Å². The summed E-state index contributed by atoms with van der Waals surface area (Å²) in [5.41, 5.74) is 2.50. The molecule has 0 saturated heterocycles. The van der Waals surface area contributed by atoms with Gasteiger partial charge in [-0.2, -0.15) is 0 Å². The van der Waals surface area contributed by atoms with Crippen molar-refractivity contribution in [3.05, 3.63) is 69.7 Å². The van der Waals surface area contributed by atoms with Crippen LogP contribution in [0.5, 0.6) is 0 Å². The normalized spacial score (nSPS) is 12.9. The minimum absolute atomic E-state index is 0.312. The molecule has 0 nitrogen and oxygen atoms in total. The van der Waals surface area contributed by atoms with Gasteiger partial charge in [0.1, 0.15) is 0 Å². The van der Waals surface area contributed by atoms with Gasteiger partial charge in [0.2, 0.25) is 0 Å². The number of halogens is 2. The Hall–Kier alpha value is -0.980. The number of hydrogen-bond donors (Lipinski definition) is 0. The van der Waals surface area contributed by atoms with Crippen molar-refractivity contribution in [3.63, 3.8) is 0 Å². The molecule has 0 aliphatic rings. The maximum absolute atomic E-state index is 6.17. The van der Waals surface area contributed by atoms with Gasteiger partial charge in [0, 0.05) is 16.0 Å². The zero-order valence-corrected chi connectivity index (χ0v) is 13.6. The smallest absolute Gasteiger partial charge is 0.0408 e. The Morgan fingerprint density at radius 1 is 0.750 bits per heavy atom.